The molecule has 4 N–H and O–H groups in total. The number of rotatable bonds is 8. The van der Waals surface area contributed by atoms with Crippen LogP contribution in [0.2, 0.25) is 0 Å². The predicted molar refractivity (Wildman–Crippen MR) is 85.2 cm³/mol. The maximum absolute atomic E-state index is 5.94. The lowest BCUT2D eigenvalue weighted by Gasteiger charge is -2.13. The number of aromatic nitrogens is 2. The summed E-state index contributed by atoms with van der Waals surface area (Å²) in [7, 11) is 0. The standard InChI is InChI=1S/C15H22N4O2/c1-5-7-11(6-2)9-21-14-12(16)13(18-15(17)19-14)20-8-10(3)4/h5-7,10H,1-2,8-9,16H2,3-4H3,(H2,17,18,19)/b11-7+. The summed E-state index contributed by atoms with van der Waals surface area (Å²) in [5.41, 5.74) is 12.7. The first kappa shape index (κ1) is 16.6. The van der Waals surface area contributed by atoms with Gasteiger partial charge in [0.25, 0.3) is 0 Å². The van der Waals surface area contributed by atoms with Crippen molar-refractivity contribution in [2.75, 3.05) is 24.7 Å². The second-order valence-electron chi connectivity index (χ2n) is 4.78. The summed E-state index contributed by atoms with van der Waals surface area (Å²) >= 11 is 0. The van der Waals surface area contributed by atoms with E-state index in [1.54, 1.807) is 18.2 Å². The van der Waals surface area contributed by atoms with Gasteiger partial charge >= 0.3 is 0 Å². The van der Waals surface area contributed by atoms with Gasteiger partial charge in [-0.3, -0.25) is 0 Å². The number of anilines is 2. The molecule has 0 bridgehead atoms. The van der Waals surface area contributed by atoms with Crippen LogP contribution in [0, 0.1) is 5.92 Å². The molecule has 0 fully saturated rings. The Hall–Kier alpha value is -2.50. The van der Waals surface area contributed by atoms with Gasteiger partial charge in [-0.1, -0.05) is 45.2 Å². The van der Waals surface area contributed by atoms with Gasteiger partial charge in [0.1, 0.15) is 6.61 Å². The van der Waals surface area contributed by atoms with Crippen LogP contribution in [0.5, 0.6) is 11.8 Å². The van der Waals surface area contributed by atoms with Gasteiger partial charge < -0.3 is 20.9 Å². The van der Waals surface area contributed by atoms with Crippen LogP contribution >= 0.6 is 0 Å². The SMILES string of the molecule is C=C/C=C(\C=C)COc1nc(N)nc(OCC(C)C)c1N. The number of hydrogen-bond donors (Lipinski definition) is 2. The van der Waals surface area contributed by atoms with Gasteiger partial charge in [0.15, 0.2) is 5.69 Å². The molecule has 114 valence electrons. The van der Waals surface area contributed by atoms with Gasteiger partial charge in [-0.05, 0) is 11.5 Å². The van der Waals surface area contributed by atoms with E-state index in [1.807, 2.05) is 13.8 Å². The lowest BCUT2D eigenvalue weighted by Crippen LogP contribution is -2.12. The Morgan fingerprint density at radius 2 is 1.81 bits per heavy atom. The molecule has 0 unspecified atom stereocenters. The summed E-state index contributed by atoms with van der Waals surface area (Å²) in [6.45, 7) is 12.1. The molecule has 6 heteroatoms. The van der Waals surface area contributed by atoms with E-state index in [0.717, 1.165) is 5.57 Å². The zero-order valence-corrected chi connectivity index (χ0v) is 12.5. The predicted octanol–water partition coefficient (Wildman–Crippen LogP) is 2.35. The van der Waals surface area contributed by atoms with E-state index in [9.17, 15) is 0 Å². The van der Waals surface area contributed by atoms with Crippen LogP contribution in [0.4, 0.5) is 11.6 Å². The van der Waals surface area contributed by atoms with E-state index in [1.165, 1.54) is 0 Å². The molecule has 0 saturated carbocycles. The molecule has 0 atom stereocenters. The third-order valence-electron chi connectivity index (χ3n) is 2.42. The average Bonchev–Trinajstić information content (AvgIpc) is 2.44. The Balaban J connectivity index is 2.89. The van der Waals surface area contributed by atoms with E-state index in [-0.39, 0.29) is 30.0 Å². The summed E-state index contributed by atoms with van der Waals surface area (Å²) in [5, 5.41) is 0. The molecule has 0 aliphatic carbocycles. The van der Waals surface area contributed by atoms with Crippen molar-refractivity contribution in [2.24, 2.45) is 5.92 Å². The fourth-order valence-corrected chi connectivity index (χ4v) is 1.39. The molecule has 0 saturated heterocycles. The minimum atomic E-state index is 0.0470. The van der Waals surface area contributed by atoms with Gasteiger partial charge in [-0.25, -0.2) is 0 Å². The molecule has 0 aliphatic rings. The highest BCUT2D eigenvalue weighted by atomic mass is 16.5. The van der Waals surface area contributed by atoms with E-state index in [4.69, 9.17) is 20.9 Å². The van der Waals surface area contributed by atoms with Crippen LogP contribution in [-0.2, 0) is 0 Å². The third kappa shape index (κ3) is 5.18. The topological polar surface area (TPSA) is 96.3 Å². The van der Waals surface area contributed by atoms with E-state index in [0.29, 0.717) is 12.5 Å². The van der Waals surface area contributed by atoms with Gasteiger partial charge in [-0.2, -0.15) is 9.97 Å². The molecule has 0 amide bonds. The molecule has 6 nitrogen and oxygen atoms in total. The van der Waals surface area contributed by atoms with Crippen LogP contribution < -0.4 is 20.9 Å². The smallest absolute Gasteiger partial charge is 0.246 e. The second kappa shape index (κ2) is 7.94. The zero-order chi connectivity index (χ0) is 15.8. The fourth-order valence-electron chi connectivity index (χ4n) is 1.39. The molecule has 1 aromatic heterocycles. The number of nitrogens with zero attached hydrogens (tertiary/aromatic N) is 2. The summed E-state index contributed by atoms with van der Waals surface area (Å²) in [5.74, 6) is 0.816. The first-order valence-corrected chi connectivity index (χ1v) is 6.60. The number of hydrogen-bond acceptors (Lipinski definition) is 6. The van der Waals surface area contributed by atoms with Crippen molar-refractivity contribution >= 4 is 11.6 Å². The van der Waals surface area contributed by atoms with Crippen LogP contribution in [-0.4, -0.2) is 23.2 Å². The molecular formula is C15H22N4O2. The highest BCUT2D eigenvalue weighted by Crippen LogP contribution is 2.29. The van der Waals surface area contributed by atoms with Crippen molar-refractivity contribution in [1.82, 2.24) is 9.97 Å². The van der Waals surface area contributed by atoms with Crippen LogP contribution in [0.3, 0.4) is 0 Å². The van der Waals surface area contributed by atoms with Crippen molar-refractivity contribution in [1.29, 1.82) is 0 Å². The quantitative estimate of drug-likeness (QED) is 0.713. The van der Waals surface area contributed by atoms with Gasteiger partial charge in [0.05, 0.1) is 6.61 Å². The Bertz CT molecular complexity index is 539. The number of nitrogens with two attached hydrogens (primary N) is 2. The number of ether oxygens (including phenoxy) is 2. The highest BCUT2D eigenvalue weighted by Gasteiger charge is 2.14. The molecule has 0 spiro atoms. The maximum Gasteiger partial charge on any atom is 0.246 e. The third-order valence-corrected chi connectivity index (χ3v) is 2.42. The van der Waals surface area contributed by atoms with Crippen molar-refractivity contribution in [2.45, 2.75) is 13.8 Å². The minimum absolute atomic E-state index is 0.0470. The molecule has 0 aromatic carbocycles. The van der Waals surface area contributed by atoms with E-state index in [2.05, 4.69) is 23.1 Å². The molecule has 0 aliphatic heterocycles. The molecule has 1 aromatic rings. The Morgan fingerprint density at radius 3 is 2.33 bits per heavy atom. The largest absolute Gasteiger partial charge is 0.476 e. The lowest BCUT2D eigenvalue weighted by atomic mass is 10.2. The maximum atomic E-state index is 5.94. The molecule has 1 heterocycles. The van der Waals surface area contributed by atoms with Gasteiger partial charge in [0.2, 0.25) is 17.7 Å². The highest BCUT2D eigenvalue weighted by molar-refractivity contribution is 5.58. The molecule has 1 rings (SSSR count). The van der Waals surface area contributed by atoms with Crippen molar-refractivity contribution in [3.8, 4) is 11.8 Å². The minimum Gasteiger partial charge on any atom is -0.476 e. The number of nitrogen functional groups attached to an aromatic ring is 2. The normalized spacial score (nSPS) is 11.3. The van der Waals surface area contributed by atoms with E-state index >= 15 is 0 Å². The molecular weight excluding hydrogens is 268 g/mol. The van der Waals surface area contributed by atoms with Crippen LogP contribution in [0.15, 0.2) is 37.0 Å². The Morgan fingerprint density at radius 1 is 1.19 bits per heavy atom. The summed E-state index contributed by atoms with van der Waals surface area (Å²) in [6.07, 6.45) is 5.09. The van der Waals surface area contributed by atoms with Crippen LogP contribution in [0.1, 0.15) is 13.8 Å². The molecule has 0 radical (unpaired) electrons. The van der Waals surface area contributed by atoms with Crippen LogP contribution in [0.25, 0.3) is 0 Å². The summed E-state index contributed by atoms with van der Waals surface area (Å²) in [6, 6.07) is 0. The van der Waals surface area contributed by atoms with Gasteiger partial charge in [0, 0.05) is 0 Å². The second-order valence-corrected chi connectivity index (χ2v) is 4.78. The Labute approximate surface area is 125 Å². The first-order chi connectivity index (χ1) is 9.97. The number of allylic oxidation sites excluding steroid dienone is 2. The lowest BCUT2D eigenvalue weighted by molar-refractivity contribution is 0.260. The van der Waals surface area contributed by atoms with Crippen molar-refractivity contribution in [3.63, 3.8) is 0 Å². The Kier molecular flexibility index (Phi) is 6.26. The van der Waals surface area contributed by atoms with Crippen molar-refractivity contribution in [3.05, 3.63) is 37.0 Å². The summed E-state index contributed by atoms with van der Waals surface area (Å²) in [4.78, 5) is 7.96. The first-order valence-electron chi connectivity index (χ1n) is 6.60. The van der Waals surface area contributed by atoms with Crippen molar-refractivity contribution < 1.29 is 9.47 Å². The zero-order valence-electron chi connectivity index (χ0n) is 12.5. The van der Waals surface area contributed by atoms with Gasteiger partial charge in [-0.15, -0.1) is 0 Å². The average molecular weight is 290 g/mol. The summed E-state index contributed by atoms with van der Waals surface area (Å²) < 4.78 is 11.1. The molecule has 21 heavy (non-hydrogen) atoms. The monoisotopic (exact) mass is 290 g/mol. The van der Waals surface area contributed by atoms with E-state index < -0.39 is 0 Å². The fraction of sp³-hybridized carbons (Fsp3) is 0.333.